The molecule has 0 saturated carbocycles. The standard InChI is InChI=1S/C16H22N4S/c17-16-19-18-15(21-16)8-11-20-9-6-14(7-10-20)12-13-4-2-1-3-5-13/h1-5,14H,6-12H2,(H2,17,19). The highest BCUT2D eigenvalue weighted by Gasteiger charge is 2.19. The molecule has 1 aromatic carbocycles. The van der Waals surface area contributed by atoms with E-state index in [9.17, 15) is 0 Å². The summed E-state index contributed by atoms with van der Waals surface area (Å²) in [6.45, 7) is 3.48. The molecule has 0 atom stereocenters. The van der Waals surface area contributed by atoms with Crippen LogP contribution in [0.25, 0.3) is 0 Å². The minimum Gasteiger partial charge on any atom is -0.374 e. The fourth-order valence-corrected chi connectivity index (χ4v) is 3.58. The van der Waals surface area contributed by atoms with Crippen molar-refractivity contribution >= 4 is 16.5 Å². The van der Waals surface area contributed by atoms with E-state index in [0.29, 0.717) is 5.13 Å². The molecule has 2 heterocycles. The topological polar surface area (TPSA) is 55.0 Å². The van der Waals surface area contributed by atoms with E-state index >= 15 is 0 Å². The largest absolute Gasteiger partial charge is 0.374 e. The van der Waals surface area contributed by atoms with Crippen molar-refractivity contribution in [3.05, 3.63) is 40.9 Å². The molecule has 3 rings (SSSR count). The monoisotopic (exact) mass is 302 g/mol. The third-order valence-corrected chi connectivity index (χ3v) is 5.01. The molecule has 0 radical (unpaired) electrons. The minimum atomic E-state index is 0.576. The normalized spacial score (nSPS) is 17.1. The Morgan fingerprint density at radius 1 is 1.14 bits per heavy atom. The zero-order chi connectivity index (χ0) is 14.5. The van der Waals surface area contributed by atoms with Crippen molar-refractivity contribution in [1.82, 2.24) is 15.1 Å². The summed E-state index contributed by atoms with van der Waals surface area (Å²) in [5, 5.41) is 9.58. The predicted molar refractivity (Wildman–Crippen MR) is 87.3 cm³/mol. The number of hydrogen-bond acceptors (Lipinski definition) is 5. The van der Waals surface area contributed by atoms with Crippen LogP contribution in [-0.2, 0) is 12.8 Å². The van der Waals surface area contributed by atoms with Gasteiger partial charge in [-0.1, -0.05) is 41.7 Å². The summed E-state index contributed by atoms with van der Waals surface area (Å²) in [6.07, 6.45) is 4.79. The van der Waals surface area contributed by atoms with Gasteiger partial charge in [-0.2, -0.15) is 0 Å². The van der Waals surface area contributed by atoms with Crippen LogP contribution in [0.3, 0.4) is 0 Å². The van der Waals surface area contributed by atoms with E-state index in [1.165, 1.54) is 49.3 Å². The van der Waals surface area contributed by atoms with E-state index in [0.717, 1.165) is 23.9 Å². The van der Waals surface area contributed by atoms with Crippen LogP contribution in [0.2, 0.25) is 0 Å². The van der Waals surface area contributed by atoms with Gasteiger partial charge in [0.2, 0.25) is 5.13 Å². The maximum atomic E-state index is 5.61. The van der Waals surface area contributed by atoms with Gasteiger partial charge in [-0.3, -0.25) is 0 Å². The van der Waals surface area contributed by atoms with Crippen molar-refractivity contribution in [3.63, 3.8) is 0 Å². The lowest BCUT2D eigenvalue weighted by molar-refractivity contribution is 0.186. The van der Waals surface area contributed by atoms with Gasteiger partial charge in [0.05, 0.1) is 0 Å². The molecule has 5 heteroatoms. The number of likely N-dealkylation sites (tertiary alicyclic amines) is 1. The molecule has 21 heavy (non-hydrogen) atoms. The molecule has 0 aliphatic carbocycles. The Morgan fingerprint density at radius 2 is 1.90 bits per heavy atom. The van der Waals surface area contributed by atoms with Crippen molar-refractivity contribution < 1.29 is 0 Å². The minimum absolute atomic E-state index is 0.576. The van der Waals surface area contributed by atoms with Gasteiger partial charge in [0.1, 0.15) is 5.01 Å². The highest BCUT2D eigenvalue weighted by atomic mass is 32.1. The predicted octanol–water partition coefficient (Wildman–Crippen LogP) is 2.62. The second-order valence-electron chi connectivity index (χ2n) is 5.76. The second-order valence-corrected chi connectivity index (χ2v) is 6.85. The van der Waals surface area contributed by atoms with Crippen LogP contribution < -0.4 is 5.73 Å². The number of aromatic nitrogens is 2. The van der Waals surface area contributed by atoms with Crippen LogP contribution in [0.4, 0.5) is 5.13 Å². The summed E-state index contributed by atoms with van der Waals surface area (Å²) in [7, 11) is 0. The Bertz CT molecular complexity index is 546. The SMILES string of the molecule is Nc1nnc(CCN2CCC(Cc3ccccc3)CC2)s1. The molecular formula is C16H22N4S. The van der Waals surface area contributed by atoms with Crippen LogP contribution in [0.1, 0.15) is 23.4 Å². The van der Waals surface area contributed by atoms with Crippen molar-refractivity contribution in [2.45, 2.75) is 25.7 Å². The average molecular weight is 302 g/mol. The van der Waals surface area contributed by atoms with E-state index in [1.807, 2.05) is 0 Å². The number of benzene rings is 1. The molecule has 1 aromatic heterocycles. The van der Waals surface area contributed by atoms with Gasteiger partial charge in [0, 0.05) is 13.0 Å². The van der Waals surface area contributed by atoms with E-state index in [1.54, 1.807) is 0 Å². The number of piperidine rings is 1. The molecule has 0 unspecified atom stereocenters. The van der Waals surface area contributed by atoms with E-state index < -0.39 is 0 Å². The van der Waals surface area contributed by atoms with Gasteiger partial charge < -0.3 is 10.6 Å². The Kier molecular flexibility index (Phi) is 4.83. The van der Waals surface area contributed by atoms with Crippen LogP contribution in [0.5, 0.6) is 0 Å². The molecule has 1 aliphatic rings. The second kappa shape index (κ2) is 7.00. The smallest absolute Gasteiger partial charge is 0.203 e. The number of nitrogen functional groups attached to an aromatic ring is 1. The summed E-state index contributed by atoms with van der Waals surface area (Å²) >= 11 is 1.51. The van der Waals surface area contributed by atoms with Gasteiger partial charge in [0.15, 0.2) is 0 Å². The molecule has 1 aliphatic heterocycles. The molecular weight excluding hydrogens is 280 g/mol. The van der Waals surface area contributed by atoms with E-state index in [4.69, 9.17) is 5.73 Å². The van der Waals surface area contributed by atoms with Gasteiger partial charge in [-0.05, 0) is 43.8 Å². The molecule has 2 aromatic rings. The Morgan fingerprint density at radius 3 is 2.57 bits per heavy atom. The lowest BCUT2D eigenvalue weighted by Gasteiger charge is -2.31. The molecule has 1 saturated heterocycles. The maximum absolute atomic E-state index is 5.61. The average Bonchev–Trinajstić information content (AvgIpc) is 2.93. The molecule has 2 N–H and O–H groups in total. The third kappa shape index (κ3) is 4.25. The molecule has 1 fully saturated rings. The molecule has 4 nitrogen and oxygen atoms in total. The fraction of sp³-hybridized carbons (Fsp3) is 0.500. The van der Waals surface area contributed by atoms with Crippen LogP contribution in [-0.4, -0.2) is 34.7 Å². The number of nitrogens with zero attached hydrogens (tertiary/aromatic N) is 3. The summed E-state index contributed by atoms with van der Waals surface area (Å²) in [4.78, 5) is 2.54. The van der Waals surface area contributed by atoms with Gasteiger partial charge in [-0.25, -0.2) is 0 Å². The van der Waals surface area contributed by atoms with Gasteiger partial charge in [0.25, 0.3) is 0 Å². The van der Waals surface area contributed by atoms with Crippen molar-refractivity contribution in [1.29, 1.82) is 0 Å². The summed E-state index contributed by atoms with van der Waals surface area (Å²) in [6, 6.07) is 10.8. The first-order valence-corrected chi connectivity index (χ1v) is 8.45. The Balaban J connectivity index is 1.40. The van der Waals surface area contributed by atoms with Crippen molar-refractivity contribution in [3.8, 4) is 0 Å². The van der Waals surface area contributed by atoms with Crippen LogP contribution in [0, 0.1) is 5.92 Å². The van der Waals surface area contributed by atoms with E-state index in [2.05, 4.69) is 45.4 Å². The van der Waals surface area contributed by atoms with Crippen LogP contribution >= 0.6 is 11.3 Å². The first-order chi connectivity index (χ1) is 10.3. The number of rotatable bonds is 5. The molecule has 112 valence electrons. The summed E-state index contributed by atoms with van der Waals surface area (Å²) < 4.78 is 0. The van der Waals surface area contributed by atoms with Crippen molar-refractivity contribution in [2.75, 3.05) is 25.4 Å². The highest BCUT2D eigenvalue weighted by molar-refractivity contribution is 7.15. The molecule has 0 amide bonds. The lowest BCUT2D eigenvalue weighted by atomic mass is 9.90. The number of hydrogen-bond donors (Lipinski definition) is 1. The van der Waals surface area contributed by atoms with E-state index in [-0.39, 0.29) is 0 Å². The molecule has 0 bridgehead atoms. The third-order valence-electron chi connectivity index (χ3n) is 4.20. The Labute approximate surface area is 130 Å². The highest BCUT2D eigenvalue weighted by Crippen LogP contribution is 2.22. The zero-order valence-electron chi connectivity index (χ0n) is 12.2. The first-order valence-electron chi connectivity index (χ1n) is 7.64. The number of nitrogens with two attached hydrogens (primary N) is 1. The van der Waals surface area contributed by atoms with Crippen molar-refractivity contribution in [2.24, 2.45) is 5.92 Å². The summed E-state index contributed by atoms with van der Waals surface area (Å²) in [5.41, 5.74) is 7.08. The zero-order valence-corrected chi connectivity index (χ0v) is 13.1. The lowest BCUT2D eigenvalue weighted by Crippen LogP contribution is -2.35. The van der Waals surface area contributed by atoms with Gasteiger partial charge >= 0.3 is 0 Å². The molecule has 0 spiro atoms. The first kappa shape index (κ1) is 14.5. The summed E-state index contributed by atoms with van der Waals surface area (Å²) in [5.74, 6) is 0.834. The van der Waals surface area contributed by atoms with Crippen LogP contribution in [0.15, 0.2) is 30.3 Å². The quantitative estimate of drug-likeness (QED) is 0.922. The Hall–Kier alpha value is -1.46. The maximum Gasteiger partial charge on any atom is 0.203 e. The number of anilines is 1. The fourth-order valence-electron chi connectivity index (χ4n) is 2.98. The van der Waals surface area contributed by atoms with Gasteiger partial charge in [-0.15, -0.1) is 10.2 Å².